The molecule has 0 aliphatic heterocycles. The van der Waals surface area contributed by atoms with Crippen LogP contribution in [0.2, 0.25) is 0 Å². The number of imidazole rings is 1. The molecule has 0 unspecified atom stereocenters. The molecule has 0 aromatic carbocycles. The first-order chi connectivity index (χ1) is 7.93. The van der Waals surface area contributed by atoms with Crippen LogP contribution in [-0.2, 0) is 6.54 Å². The highest BCUT2D eigenvalue weighted by Crippen LogP contribution is 2.09. The van der Waals surface area contributed by atoms with Crippen molar-refractivity contribution < 1.29 is 0 Å². The second-order valence-corrected chi connectivity index (χ2v) is 4.63. The summed E-state index contributed by atoms with van der Waals surface area (Å²) in [6.45, 7) is 3.41. The molecular weight excluding hydrogens is 196 g/mol. The molecule has 0 fully saturated rings. The molecule has 0 N–H and O–H groups in total. The van der Waals surface area contributed by atoms with E-state index in [2.05, 4.69) is 16.5 Å². The highest BCUT2D eigenvalue weighted by atomic mass is 15.0. The molecule has 1 aromatic heterocycles. The van der Waals surface area contributed by atoms with Crippen molar-refractivity contribution in [3.8, 4) is 0 Å². The standard InChI is InChI=1S/C14H26N2/c1-2-3-4-5-6-7-8-9-10-12-16-13-11-15-14-16/h11,13-14H,2-10,12H2,1H3. The van der Waals surface area contributed by atoms with Crippen molar-refractivity contribution in [2.24, 2.45) is 0 Å². The van der Waals surface area contributed by atoms with Gasteiger partial charge < -0.3 is 4.57 Å². The fraction of sp³-hybridized carbons (Fsp3) is 0.786. The van der Waals surface area contributed by atoms with Gasteiger partial charge in [0, 0.05) is 18.9 Å². The molecule has 0 amide bonds. The fourth-order valence-electron chi connectivity index (χ4n) is 2.02. The molecule has 92 valence electrons. The van der Waals surface area contributed by atoms with Gasteiger partial charge in [0.25, 0.3) is 0 Å². The Kier molecular flexibility index (Phi) is 7.83. The van der Waals surface area contributed by atoms with Crippen molar-refractivity contribution in [3.05, 3.63) is 18.7 Å². The maximum absolute atomic E-state index is 4.04. The average Bonchev–Trinajstić information content (AvgIpc) is 2.80. The van der Waals surface area contributed by atoms with Crippen molar-refractivity contribution in [2.45, 2.75) is 71.3 Å². The normalized spacial score (nSPS) is 10.8. The maximum atomic E-state index is 4.04. The van der Waals surface area contributed by atoms with Gasteiger partial charge in [-0.2, -0.15) is 0 Å². The van der Waals surface area contributed by atoms with E-state index in [0.717, 1.165) is 6.54 Å². The Labute approximate surface area is 100 Å². The third-order valence-electron chi connectivity index (χ3n) is 3.08. The summed E-state index contributed by atoms with van der Waals surface area (Å²) in [5.74, 6) is 0. The molecule has 2 nitrogen and oxygen atoms in total. The third-order valence-corrected chi connectivity index (χ3v) is 3.08. The van der Waals surface area contributed by atoms with Crippen molar-refractivity contribution in [2.75, 3.05) is 0 Å². The number of unbranched alkanes of at least 4 members (excludes halogenated alkanes) is 8. The zero-order valence-electron chi connectivity index (χ0n) is 10.7. The number of aryl methyl sites for hydroxylation is 1. The second kappa shape index (κ2) is 9.44. The molecule has 0 bridgehead atoms. The largest absolute Gasteiger partial charge is 0.337 e. The summed E-state index contributed by atoms with van der Waals surface area (Å²) in [5, 5.41) is 0. The van der Waals surface area contributed by atoms with Crippen molar-refractivity contribution in [1.82, 2.24) is 9.55 Å². The van der Waals surface area contributed by atoms with Crippen LogP contribution in [0.3, 0.4) is 0 Å². The number of aromatic nitrogens is 2. The monoisotopic (exact) mass is 222 g/mol. The third kappa shape index (κ3) is 6.65. The van der Waals surface area contributed by atoms with E-state index in [9.17, 15) is 0 Å². The van der Waals surface area contributed by atoms with Gasteiger partial charge in [0.1, 0.15) is 0 Å². The first kappa shape index (κ1) is 13.3. The van der Waals surface area contributed by atoms with Crippen LogP contribution in [0.1, 0.15) is 64.7 Å². The summed E-state index contributed by atoms with van der Waals surface area (Å²) in [5.41, 5.74) is 0. The summed E-state index contributed by atoms with van der Waals surface area (Å²) in [6.07, 6.45) is 18.4. The molecule has 1 rings (SSSR count). The van der Waals surface area contributed by atoms with Crippen LogP contribution in [0.4, 0.5) is 0 Å². The van der Waals surface area contributed by atoms with E-state index < -0.39 is 0 Å². The Hall–Kier alpha value is -0.790. The Morgan fingerprint density at radius 3 is 2.06 bits per heavy atom. The van der Waals surface area contributed by atoms with Gasteiger partial charge in [-0.05, 0) is 6.42 Å². The van der Waals surface area contributed by atoms with E-state index in [-0.39, 0.29) is 0 Å². The van der Waals surface area contributed by atoms with Crippen molar-refractivity contribution >= 4 is 0 Å². The number of rotatable bonds is 10. The Bertz CT molecular complexity index is 229. The molecule has 0 spiro atoms. The summed E-state index contributed by atoms with van der Waals surface area (Å²) in [6, 6.07) is 0. The minimum atomic E-state index is 1.13. The SMILES string of the molecule is CCCCCCCCCCCn1ccnc1. The lowest BCUT2D eigenvalue weighted by Gasteiger charge is -2.02. The van der Waals surface area contributed by atoms with E-state index in [0.29, 0.717) is 0 Å². The predicted molar refractivity (Wildman–Crippen MR) is 69.5 cm³/mol. The van der Waals surface area contributed by atoms with Gasteiger partial charge in [-0.15, -0.1) is 0 Å². The molecule has 0 radical (unpaired) electrons. The minimum absolute atomic E-state index is 1.13. The zero-order valence-corrected chi connectivity index (χ0v) is 10.7. The lowest BCUT2D eigenvalue weighted by Crippen LogP contribution is -1.93. The van der Waals surface area contributed by atoms with E-state index in [1.54, 1.807) is 0 Å². The predicted octanol–water partition coefficient (Wildman–Crippen LogP) is 4.41. The van der Waals surface area contributed by atoms with Crippen LogP contribution >= 0.6 is 0 Å². The summed E-state index contributed by atoms with van der Waals surface area (Å²) in [4.78, 5) is 4.04. The minimum Gasteiger partial charge on any atom is -0.337 e. The van der Waals surface area contributed by atoms with Crippen LogP contribution < -0.4 is 0 Å². The molecular formula is C14H26N2. The maximum Gasteiger partial charge on any atom is 0.0945 e. The topological polar surface area (TPSA) is 17.8 Å². The van der Waals surface area contributed by atoms with Gasteiger partial charge in [-0.3, -0.25) is 0 Å². The van der Waals surface area contributed by atoms with Crippen LogP contribution in [-0.4, -0.2) is 9.55 Å². The van der Waals surface area contributed by atoms with E-state index in [4.69, 9.17) is 0 Å². The van der Waals surface area contributed by atoms with E-state index in [1.165, 1.54) is 57.8 Å². The number of nitrogens with zero attached hydrogens (tertiary/aromatic N) is 2. The van der Waals surface area contributed by atoms with Gasteiger partial charge in [0.2, 0.25) is 0 Å². The van der Waals surface area contributed by atoms with Crippen LogP contribution in [0.5, 0.6) is 0 Å². The van der Waals surface area contributed by atoms with Crippen LogP contribution in [0.15, 0.2) is 18.7 Å². The lowest BCUT2D eigenvalue weighted by molar-refractivity contribution is 0.538. The second-order valence-electron chi connectivity index (χ2n) is 4.63. The molecule has 0 saturated heterocycles. The van der Waals surface area contributed by atoms with Crippen molar-refractivity contribution in [3.63, 3.8) is 0 Å². The molecule has 1 heterocycles. The quantitative estimate of drug-likeness (QED) is 0.536. The smallest absolute Gasteiger partial charge is 0.0945 e. The first-order valence-corrected chi connectivity index (χ1v) is 6.89. The van der Waals surface area contributed by atoms with Gasteiger partial charge >= 0.3 is 0 Å². The Balaban J connectivity index is 1.78. The molecule has 0 aliphatic rings. The Morgan fingerprint density at radius 1 is 0.875 bits per heavy atom. The fourth-order valence-corrected chi connectivity index (χ4v) is 2.02. The van der Waals surface area contributed by atoms with Gasteiger partial charge in [0.15, 0.2) is 0 Å². The van der Waals surface area contributed by atoms with E-state index in [1.807, 2.05) is 18.7 Å². The van der Waals surface area contributed by atoms with Crippen molar-refractivity contribution in [1.29, 1.82) is 0 Å². The summed E-state index contributed by atoms with van der Waals surface area (Å²) < 4.78 is 2.17. The molecule has 16 heavy (non-hydrogen) atoms. The molecule has 2 heteroatoms. The zero-order chi connectivity index (χ0) is 11.5. The Morgan fingerprint density at radius 2 is 1.50 bits per heavy atom. The van der Waals surface area contributed by atoms with E-state index >= 15 is 0 Å². The first-order valence-electron chi connectivity index (χ1n) is 6.89. The lowest BCUT2D eigenvalue weighted by atomic mass is 10.1. The number of hydrogen-bond acceptors (Lipinski definition) is 1. The molecule has 0 saturated carbocycles. The van der Waals surface area contributed by atoms with Gasteiger partial charge in [0.05, 0.1) is 6.33 Å². The summed E-state index contributed by atoms with van der Waals surface area (Å²) >= 11 is 0. The summed E-state index contributed by atoms with van der Waals surface area (Å²) in [7, 11) is 0. The van der Waals surface area contributed by atoms with Gasteiger partial charge in [-0.1, -0.05) is 58.3 Å². The van der Waals surface area contributed by atoms with Gasteiger partial charge in [-0.25, -0.2) is 4.98 Å². The van der Waals surface area contributed by atoms with Crippen LogP contribution in [0.25, 0.3) is 0 Å². The molecule has 0 atom stereocenters. The molecule has 0 aliphatic carbocycles. The average molecular weight is 222 g/mol. The molecule has 1 aromatic rings. The highest BCUT2D eigenvalue weighted by molar-refractivity contribution is 4.73. The number of hydrogen-bond donors (Lipinski definition) is 0. The highest BCUT2D eigenvalue weighted by Gasteiger charge is 1.93. The van der Waals surface area contributed by atoms with Crippen LogP contribution in [0, 0.1) is 0 Å².